The van der Waals surface area contributed by atoms with E-state index in [1.807, 2.05) is 29.2 Å². The first-order valence-electron chi connectivity index (χ1n) is 14.5. The molecule has 2 fully saturated rings. The van der Waals surface area contributed by atoms with E-state index in [1.165, 1.54) is 44.1 Å². The molecule has 2 aromatic carbocycles. The molecule has 1 aliphatic carbocycles. The second-order valence-corrected chi connectivity index (χ2v) is 11.3. The van der Waals surface area contributed by atoms with E-state index in [4.69, 9.17) is 21.5 Å². The number of piperidine rings is 1. The Hall–Kier alpha value is -2.78. The summed E-state index contributed by atoms with van der Waals surface area (Å²) >= 11 is 6.43. The van der Waals surface area contributed by atoms with E-state index < -0.39 is 12.1 Å². The molecular weight excluding hydrogens is 555 g/mol. The molecule has 0 bridgehead atoms. The van der Waals surface area contributed by atoms with Gasteiger partial charge in [0.2, 0.25) is 0 Å². The Kier molecular flexibility index (Phi) is 13.3. The van der Waals surface area contributed by atoms with Crippen molar-refractivity contribution in [2.75, 3.05) is 26.2 Å². The number of hydrogen-bond acceptors (Lipinski definition) is 3. The lowest BCUT2D eigenvalue weighted by atomic mass is 9.90. The highest BCUT2D eigenvalue weighted by molar-refractivity contribution is 6.31. The molecule has 6 nitrogen and oxygen atoms in total. The number of alkyl halides is 3. The second-order valence-electron chi connectivity index (χ2n) is 10.9. The van der Waals surface area contributed by atoms with Gasteiger partial charge in [-0.05, 0) is 81.3 Å². The SMILES string of the molecule is O=C(NC1CCCCC1)N(CCCN1CCC(Cc2ccccc2)CC1)Cc1ccccc1Cl.O=C(O)C(F)(F)F. The van der Waals surface area contributed by atoms with Crippen LogP contribution in [0, 0.1) is 5.92 Å². The average Bonchev–Trinajstić information content (AvgIpc) is 2.95. The highest BCUT2D eigenvalue weighted by Gasteiger charge is 2.38. The predicted molar refractivity (Wildman–Crippen MR) is 155 cm³/mol. The summed E-state index contributed by atoms with van der Waals surface area (Å²) in [6, 6.07) is 19.1. The van der Waals surface area contributed by atoms with Crippen LogP contribution in [0.4, 0.5) is 18.0 Å². The number of aliphatic carboxylic acids is 1. The number of nitrogens with one attached hydrogen (secondary N) is 1. The summed E-state index contributed by atoms with van der Waals surface area (Å²) in [6.45, 7) is 4.70. The number of hydrogen-bond donors (Lipinski definition) is 2. The Morgan fingerprint density at radius 2 is 1.56 bits per heavy atom. The number of carboxylic acids is 1. The highest BCUT2D eigenvalue weighted by atomic mass is 35.5. The lowest BCUT2D eigenvalue weighted by Crippen LogP contribution is -2.46. The Labute approximate surface area is 245 Å². The maximum atomic E-state index is 13.2. The Morgan fingerprint density at radius 3 is 2.17 bits per heavy atom. The van der Waals surface area contributed by atoms with Gasteiger partial charge in [0.15, 0.2) is 0 Å². The number of likely N-dealkylation sites (tertiary alicyclic amines) is 1. The molecule has 1 saturated carbocycles. The van der Waals surface area contributed by atoms with Crippen LogP contribution in [0.5, 0.6) is 0 Å². The molecule has 2 amide bonds. The zero-order valence-corrected chi connectivity index (χ0v) is 24.2. The Balaban J connectivity index is 0.000000587. The number of halogens is 4. The largest absolute Gasteiger partial charge is 0.490 e. The molecule has 226 valence electrons. The number of nitrogens with zero attached hydrogens (tertiary/aromatic N) is 2. The van der Waals surface area contributed by atoms with Crippen molar-refractivity contribution in [1.82, 2.24) is 15.1 Å². The van der Waals surface area contributed by atoms with Crippen molar-refractivity contribution in [3.05, 3.63) is 70.7 Å². The molecule has 1 heterocycles. The molecule has 0 unspecified atom stereocenters. The van der Waals surface area contributed by atoms with E-state index in [9.17, 15) is 18.0 Å². The summed E-state index contributed by atoms with van der Waals surface area (Å²) in [7, 11) is 0. The van der Waals surface area contributed by atoms with Gasteiger partial charge in [0.05, 0.1) is 0 Å². The standard InChI is InChI=1S/C29H40ClN3O.C2HF3O2/c30-28-15-8-7-12-26(28)23-33(29(34)31-27-13-5-2-6-14-27)19-9-18-32-20-16-25(17-21-32)22-24-10-3-1-4-11-24;3-2(4,5)1(6)7/h1,3-4,7-8,10-12,15,25,27H,2,5-6,9,13-14,16-23H2,(H,31,34);(H,6,7). The van der Waals surface area contributed by atoms with Crippen molar-refractivity contribution in [2.45, 2.75) is 76.6 Å². The molecule has 0 radical (unpaired) electrons. The molecule has 0 aromatic heterocycles. The minimum atomic E-state index is -5.08. The smallest absolute Gasteiger partial charge is 0.475 e. The predicted octanol–water partition coefficient (Wildman–Crippen LogP) is 7.16. The van der Waals surface area contributed by atoms with Crippen LogP contribution in [0.2, 0.25) is 5.02 Å². The summed E-state index contributed by atoms with van der Waals surface area (Å²) < 4.78 is 31.7. The van der Waals surface area contributed by atoms with Gasteiger partial charge in [-0.3, -0.25) is 0 Å². The van der Waals surface area contributed by atoms with Crippen molar-refractivity contribution in [3.63, 3.8) is 0 Å². The van der Waals surface area contributed by atoms with Crippen molar-refractivity contribution in [1.29, 1.82) is 0 Å². The van der Waals surface area contributed by atoms with Gasteiger partial charge in [0.25, 0.3) is 0 Å². The molecule has 41 heavy (non-hydrogen) atoms. The van der Waals surface area contributed by atoms with Crippen molar-refractivity contribution < 1.29 is 27.9 Å². The zero-order valence-electron chi connectivity index (χ0n) is 23.4. The van der Waals surface area contributed by atoms with Gasteiger partial charge in [-0.2, -0.15) is 13.2 Å². The number of carboxylic acid groups (broad SMARTS) is 1. The lowest BCUT2D eigenvalue weighted by Gasteiger charge is -2.33. The van der Waals surface area contributed by atoms with Gasteiger partial charge in [0, 0.05) is 24.2 Å². The van der Waals surface area contributed by atoms with Crippen LogP contribution in [0.3, 0.4) is 0 Å². The number of urea groups is 1. The van der Waals surface area contributed by atoms with E-state index in [0.717, 1.165) is 61.9 Å². The molecule has 1 aliphatic heterocycles. The van der Waals surface area contributed by atoms with Gasteiger partial charge in [-0.25, -0.2) is 9.59 Å². The first-order valence-corrected chi connectivity index (χ1v) is 14.8. The minimum Gasteiger partial charge on any atom is -0.475 e. The molecular formula is C31H41ClF3N3O3. The first-order chi connectivity index (χ1) is 19.6. The molecule has 0 spiro atoms. The molecule has 2 N–H and O–H groups in total. The summed E-state index contributed by atoms with van der Waals surface area (Å²) in [6.07, 6.45) is 5.56. The molecule has 1 saturated heterocycles. The van der Waals surface area contributed by atoms with E-state index in [2.05, 4.69) is 40.5 Å². The van der Waals surface area contributed by atoms with Gasteiger partial charge >= 0.3 is 18.2 Å². The van der Waals surface area contributed by atoms with Crippen molar-refractivity contribution >= 4 is 23.6 Å². The molecule has 10 heteroatoms. The fourth-order valence-corrected chi connectivity index (χ4v) is 5.64. The molecule has 0 atom stereocenters. The maximum absolute atomic E-state index is 13.2. The zero-order chi connectivity index (χ0) is 29.7. The number of benzene rings is 2. The van der Waals surface area contributed by atoms with E-state index in [1.54, 1.807) is 0 Å². The number of carbonyl (C=O) groups excluding carboxylic acids is 1. The first kappa shape index (κ1) is 32.7. The summed E-state index contributed by atoms with van der Waals surface area (Å²) in [5.74, 6) is -1.97. The molecule has 2 aliphatic rings. The van der Waals surface area contributed by atoms with Crippen LogP contribution in [0.25, 0.3) is 0 Å². The second kappa shape index (κ2) is 16.6. The highest BCUT2D eigenvalue weighted by Crippen LogP contribution is 2.23. The number of amides is 2. The third-order valence-corrected chi connectivity index (χ3v) is 8.13. The Morgan fingerprint density at radius 1 is 0.951 bits per heavy atom. The fraction of sp³-hybridized carbons (Fsp3) is 0.548. The summed E-state index contributed by atoms with van der Waals surface area (Å²) in [4.78, 5) is 26.6. The molecule has 4 rings (SSSR count). The third-order valence-electron chi connectivity index (χ3n) is 7.76. The van der Waals surface area contributed by atoms with Crippen LogP contribution in [0.1, 0.15) is 62.5 Å². The summed E-state index contributed by atoms with van der Waals surface area (Å²) in [5.41, 5.74) is 2.48. The van der Waals surface area contributed by atoms with Crippen LogP contribution < -0.4 is 5.32 Å². The summed E-state index contributed by atoms with van der Waals surface area (Å²) in [5, 5.41) is 11.2. The van der Waals surface area contributed by atoms with Gasteiger partial charge in [0.1, 0.15) is 0 Å². The number of rotatable bonds is 9. The van der Waals surface area contributed by atoms with E-state index in [0.29, 0.717) is 12.6 Å². The van der Waals surface area contributed by atoms with Crippen LogP contribution >= 0.6 is 11.6 Å². The minimum absolute atomic E-state index is 0.0633. The average molecular weight is 596 g/mol. The lowest BCUT2D eigenvalue weighted by molar-refractivity contribution is -0.192. The van der Waals surface area contributed by atoms with Crippen molar-refractivity contribution in [2.24, 2.45) is 5.92 Å². The fourth-order valence-electron chi connectivity index (χ4n) is 5.44. The van der Waals surface area contributed by atoms with E-state index in [-0.39, 0.29) is 6.03 Å². The topological polar surface area (TPSA) is 72.9 Å². The molecule has 2 aromatic rings. The quantitative estimate of drug-likeness (QED) is 0.323. The monoisotopic (exact) mass is 595 g/mol. The van der Waals surface area contributed by atoms with Crippen LogP contribution in [-0.4, -0.2) is 65.3 Å². The van der Waals surface area contributed by atoms with Gasteiger partial charge < -0.3 is 20.2 Å². The van der Waals surface area contributed by atoms with E-state index >= 15 is 0 Å². The third kappa shape index (κ3) is 11.9. The van der Waals surface area contributed by atoms with Crippen LogP contribution in [0.15, 0.2) is 54.6 Å². The van der Waals surface area contributed by atoms with Crippen LogP contribution in [-0.2, 0) is 17.8 Å². The normalized spacial score (nSPS) is 16.9. The van der Waals surface area contributed by atoms with Gasteiger partial charge in [-0.1, -0.05) is 79.4 Å². The number of carbonyl (C=O) groups is 2. The Bertz CT molecular complexity index is 1070. The van der Waals surface area contributed by atoms with Gasteiger partial charge in [-0.15, -0.1) is 0 Å². The maximum Gasteiger partial charge on any atom is 0.490 e. The van der Waals surface area contributed by atoms with Crippen molar-refractivity contribution in [3.8, 4) is 0 Å².